The van der Waals surface area contributed by atoms with Gasteiger partial charge in [-0.05, 0) is 25.8 Å². The number of aliphatic hydroxyl groups excluding tert-OH is 1. The van der Waals surface area contributed by atoms with Gasteiger partial charge >= 0.3 is 5.97 Å². The molecule has 0 aromatic rings. The van der Waals surface area contributed by atoms with Gasteiger partial charge in [-0.25, -0.2) is 0 Å². The molecule has 1 atom stereocenters. The van der Waals surface area contributed by atoms with Gasteiger partial charge in [0.05, 0.1) is 6.42 Å². The first kappa shape index (κ1) is 13.8. The third-order valence-electron chi connectivity index (χ3n) is 2.86. The summed E-state index contributed by atoms with van der Waals surface area (Å²) in [6.07, 6.45) is 3.19. The lowest BCUT2D eigenvalue weighted by Gasteiger charge is -2.34. The van der Waals surface area contributed by atoms with Crippen molar-refractivity contribution >= 4 is 17.7 Å². The number of thioether (sulfide) groups is 1. The second kappa shape index (κ2) is 7.92. The normalized spacial score (nSPS) is 22.2. The highest BCUT2D eigenvalue weighted by Crippen LogP contribution is 2.19. The van der Waals surface area contributed by atoms with E-state index in [2.05, 4.69) is 4.90 Å². The van der Waals surface area contributed by atoms with Crippen LogP contribution in [0.2, 0.25) is 0 Å². The maximum atomic E-state index is 10.7. The van der Waals surface area contributed by atoms with Gasteiger partial charge in [-0.15, -0.1) is 0 Å². The molecule has 1 heterocycles. The third-order valence-corrected chi connectivity index (χ3v) is 3.95. The molecule has 0 amide bonds. The van der Waals surface area contributed by atoms with Crippen molar-refractivity contribution in [2.75, 3.05) is 31.2 Å². The Morgan fingerprint density at radius 3 is 2.88 bits per heavy atom. The Labute approximate surface area is 101 Å². The molecule has 1 aliphatic rings. The SMILES string of the molecule is O=C(O)CC1CSCCN1CCCCCO. The zero-order valence-corrected chi connectivity index (χ0v) is 10.4. The van der Waals surface area contributed by atoms with Gasteiger partial charge in [-0.3, -0.25) is 9.69 Å². The number of rotatable bonds is 7. The van der Waals surface area contributed by atoms with E-state index in [4.69, 9.17) is 10.2 Å². The summed E-state index contributed by atoms with van der Waals surface area (Å²) in [5.41, 5.74) is 0. The van der Waals surface area contributed by atoms with E-state index in [0.29, 0.717) is 0 Å². The number of aliphatic carboxylic acids is 1. The molecule has 0 aromatic carbocycles. The van der Waals surface area contributed by atoms with E-state index in [1.807, 2.05) is 11.8 Å². The van der Waals surface area contributed by atoms with Crippen LogP contribution in [0.15, 0.2) is 0 Å². The first-order valence-corrected chi connectivity index (χ1v) is 7.04. The molecule has 1 aliphatic heterocycles. The number of carbonyl (C=O) groups is 1. The number of unbranched alkanes of at least 4 members (excludes halogenated alkanes) is 2. The third kappa shape index (κ3) is 5.18. The van der Waals surface area contributed by atoms with Crippen molar-refractivity contribution < 1.29 is 15.0 Å². The van der Waals surface area contributed by atoms with Crippen LogP contribution < -0.4 is 0 Å². The highest BCUT2D eigenvalue weighted by molar-refractivity contribution is 7.99. The molecule has 4 nitrogen and oxygen atoms in total. The first-order valence-electron chi connectivity index (χ1n) is 5.88. The van der Waals surface area contributed by atoms with Gasteiger partial charge in [-0.2, -0.15) is 11.8 Å². The minimum atomic E-state index is -0.701. The number of aliphatic hydroxyl groups is 1. The molecule has 16 heavy (non-hydrogen) atoms. The summed E-state index contributed by atoms with van der Waals surface area (Å²) in [5.74, 6) is 1.34. The molecule has 1 saturated heterocycles. The van der Waals surface area contributed by atoms with Crippen LogP contribution in [0.1, 0.15) is 25.7 Å². The lowest BCUT2D eigenvalue weighted by Crippen LogP contribution is -2.43. The van der Waals surface area contributed by atoms with Gasteiger partial charge in [0, 0.05) is 30.7 Å². The predicted octanol–water partition coefficient (Wildman–Crippen LogP) is 1.04. The highest BCUT2D eigenvalue weighted by atomic mass is 32.2. The van der Waals surface area contributed by atoms with E-state index >= 15 is 0 Å². The smallest absolute Gasteiger partial charge is 0.304 e. The average Bonchev–Trinajstić information content (AvgIpc) is 2.26. The van der Waals surface area contributed by atoms with Crippen LogP contribution in [-0.4, -0.2) is 58.3 Å². The Morgan fingerprint density at radius 1 is 1.38 bits per heavy atom. The summed E-state index contributed by atoms with van der Waals surface area (Å²) in [6.45, 7) is 2.23. The monoisotopic (exact) mass is 247 g/mol. The molecule has 1 fully saturated rings. The number of hydrogen-bond acceptors (Lipinski definition) is 4. The fourth-order valence-corrected chi connectivity index (χ4v) is 3.11. The Kier molecular flexibility index (Phi) is 6.84. The molecule has 0 aromatic heterocycles. The Bertz CT molecular complexity index is 213. The number of nitrogens with zero attached hydrogens (tertiary/aromatic N) is 1. The highest BCUT2D eigenvalue weighted by Gasteiger charge is 2.24. The first-order chi connectivity index (χ1) is 7.74. The number of hydrogen-bond donors (Lipinski definition) is 2. The van der Waals surface area contributed by atoms with E-state index < -0.39 is 5.97 Å². The summed E-state index contributed by atoms with van der Waals surface area (Å²) in [7, 11) is 0. The zero-order chi connectivity index (χ0) is 11.8. The van der Waals surface area contributed by atoms with Crippen LogP contribution in [0.4, 0.5) is 0 Å². The van der Waals surface area contributed by atoms with E-state index in [0.717, 1.165) is 43.9 Å². The quantitative estimate of drug-likeness (QED) is 0.658. The lowest BCUT2D eigenvalue weighted by atomic mass is 10.1. The molecule has 0 saturated carbocycles. The minimum Gasteiger partial charge on any atom is -0.481 e. The van der Waals surface area contributed by atoms with Gasteiger partial charge in [-0.1, -0.05) is 0 Å². The van der Waals surface area contributed by atoms with Crippen molar-refractivity contribution in [2.45, 2.75) is 31.7 Å². The van der Waals surface area contributed by atoms with Crippen LogP contribution in [0.25, 0.3) is 0 Å². The van der Waals surface area contributed by atoms with Gasteiger partial charge < -0.3 is 10.2 Å². The van der Waals surface area contributed by atoms with Crippen molar-refractivity contribution in [3.8, 4) is 0 Å². The van der Waals surface area contributed by atoms with Crippen molar-refractivity contribution in [2.24, 2.45) is 0 Å². The molecule has 1 rings (SSSR count). The summed E-state index contributed by atoms with van der Waals surface area (Å²) >= 11 is 1.85. The van der Waals surface area contributed by atoms with Crippen LogP contribution in [0.5, 0.6) is 0 Å². The van der Waals surface area contributed by atoms with E-state index in [-0.39, 0.29) is 19.1 Å². The summed E-state index contributed by atoms with van der Waals surface area (Å²) in [6, 6.07) is 0.199. The van der Waals surface area contributed by atoms with Crippen LogP contribution in [0, 0.1) is 0 Å². The van der Waals surface area contributed by atoms with Crippen molar-refractivity contribution in [3.63, 3.8) is 0 Å². The summed E-state index contributed by atoms with van der Waals surface area (Å²) in [5, 5.41) is 17.5. The van der Waals surface area contributed by atoms with E-state index in [9.17, 15) is 4.79 Å². The van der Waals surface area contributed by atoms with E-state index in [1.54, 1.807) is 0 Å². The summed E-state index contributed by atoms with van der Waals surface area (Å²) in [4.78, 5) is 13.0. The molecular weight excluding hydrogens is 226 g/mol. The molecular formula is C11H21NO3S. The Balaban J connectivity index is 2.26. The summed E-state index contributed by atoms with van der Waals surface area (Å²) < 4.78 is 0. The molecule has 2 N–H and O–H groups in total. The predicted molar refractivity (Wildman–Crippen MR) is 65.9 cm³/mol. The number of carboxylic acid groups (broad SMARTS) is 1. The van der Waals surface area contributed by atoms with Crippen molar-refractivity contribution in [1.82, 2.24) is 4.90 Å². The number of carboxylic acids is 1. The largest absolute Gasteiger partial charge is 0.481 e. The molecule has 0 radical (unpaired) electrons. The maximum absolute atomic E-state index is 10.7. The fraction of sp³-hybridized carbons (Fsp3) is 0.909. The molecule has 0 aliphatic carbocycles. The van der Waals surface area contributed by atoms with Crippen molar-refractivity contribution in [3.05, 3.63) is 0 Å². The topological polar surface area (TPSA) is 60.8 Å². The van der Waals surface area contributed by atoms with Gasteiger partial charge in [0.1, 0.15) is 0 Å². The van der Waals surface area contributed by atoms with E-state index in [1.165, 1.54) is 0 Å². The Hall–Kier alpha value is -0.260. The molecule has 5 heteroatoms. The van der Waals surface area contributed by atoms with Crippen LogP contribution in [-0.2, 0) is 4.79 Å². The second-order valence-electron chi connectivity index (χ2n) is 4.15. The molecule has 0 bridgehead atoms. The molecule has 1 unspecified atom stereocenters. The van der Waals surface area contributed by atoms with Crippen molar-refractivity contribution in [1.29, 1.82) is 0 Å². The molecule has 0 spiro atoms. The van der Waals surface area contributed by atoms with Gasteiger partial charge in [0.15, 0.2) is 0 Å². The van der Waals surface area contributed by atoms with Crippen LogP contribution >= 0.6 is 11.8 Å². The fourth-order valence-electron chi connectivity index (χ4n) is 1.98. The lowest BCUT2D eigenvalue weighted by molar-refractivity contribution is -0.138. The standard InChI is InChI=1S/C11H21NO3S/c13-6-3-1-2-4-12-5-7-16-9-10(12)8-11(14)15/h10,13H,1-9H2,(H,14,15). The van der Waals surface area contributed by atoms with Gasteiger partial charge in [0.25, 0.3) is 0 Å². The Morgan fingerprint density at radius 2 is 2.19 bits per heavy atom. The average molecular weight is 247 g/mol. The second-order valence-corrected chi connectivity index (χ2v) is 5.30. The maximum Gasteiger partial charge on any atom is 0.304 e. The molecule has 94 valence electrons. The van der Waals surface area contributed by atoms with Crippen LogP contribution in [0.3, 0.4) is 0 Å². The minimum absolute atomic E-state index is 0.199. The van der Waals surface area contributed by atoms with Gasteiger partial charge in [0.2, 0.25) is 0 Å². The zero-order valence-electron chi connectivity index (χ0n) is 9.60.